The van der Waals surface area contributed by atoms with E-state index in [1.165, 1.54) is 45.2 Å². The summed E-state index contributed by atoms with van der Waals surface area (Å²) in [5.74, 6) is 0.894. The normalized spacial score (nSPS) is 32.4. The van der Waals surface area contributed by atoms with Crippen molar-refractivity contribution in [3.05, 3.63) is 0 Å². The van der Waals surface area contributed by atoms with Gasteiger partial charge in [0.05, 0.1) is 0 Å². The van der Waals surface area contributed by atoms with Gasteiger partial charge in [-0.05, 0) is 56.0 Å². The molecular formula is C14H27N. The molecule has 0 radical (unpaired) electrons. The summed E-state index contributed by atoms with van der Waals surface area (Å²) in [6.07, 6.45) is 7.44. The summed E-state index contributed by atoms with van der Waals surface area (Å²) < 4.78 is 0. The maximum absolute atomic E-state index is 2.56. The maximum atomic E-state index is 2.56. The molecule has 0 unspecified atom stereocenters. The Morgan fingerprint density at radius 3 is 2.27 bits per heavy atom. The third kappa shape index (κ3) is 2.38. The van der Waals surface area contributed by atoms with E-state index in [4.69, 9.17) is 0 Å². The van der Waals surface area contributed by atoms with Crippen LogP contribution in [0.5, 0.6) is 0 Å². The first-order valence-electron chi connectivity index (χ1n) is 6.60. The molecule has 2 aliphatic rings. The van der Waals surface area contributed by atoms with E-state index in [0.29, 0.717) is 5.41 Å². The summed E-state index contributed by atoms with van der Waals surface area (Å²) >= 11 is 0. The van der Waals surface area contributed by atoms with E-state index in [1.54, 1.807) is 0 Å². The third-order valence-electron chi connectivity index (χ3n) is 4.87. The number of likely N-dealkylation sites (tertiary alicyclic amines) is 1. The van der Waals surface area contributed by atoms with Crippen molar-refractivity contribution in [2.75, 3.05) is 20.1 Å². The number of rotatable bonds is 0. The lowest BCUT2D eigenvalue weighted by molar-refractivity contribution is 0.0653. The Bertz CT molecular complexity index is 222. The van der Waals surface area contributed by atoms with Crippen LogP contribution < -0.4 is 0 Å². The Labute approximate surface area is 95.2 Å². The van der Waals surface area contributed by atoms with E-state index in [-0.39, 0.29) is 0 Å². The molecule has 0 aromatic heterocycles. The third-order valence-corrected chi connectivity index (χ3v) is 4.87. The van der Waals surface area contributed by atoms with Crippen LogP contribution in [0.1, 0.15) is 52.9 Å². The summed E-state index contributed by atoms with van der Waals surface area (Å²) in [4.78, 5) is 2.56. The molecule has 0 N–H and O–H groups in total. The van der Waals surface area contributed by atoms with Gasteiger partial charge in [0.25, 0.3) is 0 Å². The number of nitrogens with zero attached hydrogens (tertiary/aromatic N) is 1. The van der Waals surface area contributed by atoms with Crippen molar-refractivity contribution in [2.24, 2.45) is 16.7 Å². The monoisotopic (exact) mass is 209 g/mol. The lowest BCUT2D eigenvalue weighted by atomic mass is 9.60. The molecule has 1 saturated carbocycles. The summed E-state index contributed by atoms with van der Waals surface area (Å²) in [7, 11) is 2.30. The molecule has 1 heterocycles. The fourth-order valence-electron chi connectivity index (χ4n) is 3.30. The summed E-state index contributed by atoms with van der Waals surface area (Å²) in [6, 6.07) is 0. The van der Waals surface area contributed by atoms with Gasteiger partial charge in [-0.1, -0.05) is 27.2 Å². The maximum Gasteiger partial charge on any atom is 0.00118 e. The minimum atomic E-state index is 0.487. The largest absolute Gasteiger partial charge is 0.306 e. The van der Waals surface area contributed by atoms with Crippen LogP contribution in [0.2, 0.25) is 0 Å². The van der Waals surface area contributed by atoms with E-state index in [0.717, 1.165) is 11.3 Å². The van der Waals surface area contributed by atoms with Gasteiger partial charge in [-0.25, -0.2) is 0 Å². The molecule has 1 atom stereocenters. The van der Waals surface area contributed by atoms with Crippen molar-refractivity contribution in [2.45, 2.75) is 52.9 Å². The van der Waals surface area contributed by atoms with E-state index in [1.807, 2.05) is 0 Å². The highest BCUT2D eigenvalue weighted by Crippen LogP contribution is 2.52. The number of hydrogen-bond donors (Lipinski definition) is 0. The van der Waals surface area contributed by atoms with Crippen molar-refractivity contribution >= 4 is 0 Å². The predicted molar refractivity (Wildman–Crippen MR) is 66.0 cm³/mol. The van der Waals surface area contributed by atoms with Gasteiger partial charge in [0.1, 0.15) is 0 Å². The van der Waals surface area contributed by atoms with Crippen LogP contribution in [0.25, 0.3) is 0 Å². The molecule has 15 heavy (non-hydrogen) atoms. The van der Waals surface area contributed by atoms with Gasteiger partial charge in [-0.2, -0.15) is 0 Å². The summed E-state index contributed by atoms with van der Waals surface area (Å²) in [5, 5.41) is 0. The van der Waals surface area contributed by atoms with Gasteiger partial charge >= 0.3 is 0 Å². The molecule has 1 aliphatic carbocycles. The lowest BCUT2D eigenvalue weighted by Gasteiger charge is -2.45. The van der Waals surface area contributed by atoms with Gasteiger partial charge in [0.15, 0.2) is 0 Å². The second-order valence-corrected chi connectivity index (χ2v) is 7.13. The minimum absolute atomic E-state index is 0.487. The van der Waals surface area contributed by atoms with Gasteiger partial charge in [0, 0.05) is 6.54 Å². The van der Waals surface area contributed by atoms with Gasteiger partial charge in [-0.15, -0.1) is 0 Å². The molecule has 1 aliphatic heterocycles. The Balaban J connectivity index is 2.09. The Kier molecular flexibility index (Phi) is 2.87. The molecule has 2 fully saturated rings. The first-order chi connectivity index (χ1) is 6.91. The van der Waals surface area contributed by atoms with E-state index < -0.39 is 0 Å². The summed E-state index contributed by atoms with van der Waals surface area (Å²) in [6.45, 7) is 9.90. The molecule has 0 bridgehead atoms. The average Bonchev–Trinajstić information content (AvgIpc) is 2.22. The molecule has 1 spiro atoms. The van der Waals surface area contributed by atoms with Crippen LogP contribution >= 0.6 is 0 Å². The van der Waals surface area contributed by atoms with E-state index >= 15 is 0 Å². The Morgan fingerprint density at radius 1 is 1.13 bits per heavy atom. The van der Waals surface area contributed by atoms with Crippen LogP contribution in [-0.2, 0) is 0 Å². The molecule has 0 amide bonds. The molecule has 0 aromatic rings. The quantitative estimate of drug-likeness (QED) is 0.590. The highest BCUT2D eigenvalue weighted by Gasteiger charge is 2.43. The molecule has 88 valence electrons. The summed E-state index contributed by atoms with van der Waals surface area (Å²) in [5.41, 5.74) is 1.24. The smallest absolute Gasteiger partial charge is 0.00118 e. The van der Waals surface area contributed by atoms with Crippen LogP contribution in [0.3, 0.4) is 0 Å². The van der Waals surface area contributed by atoms with Crippen LogP contribution in [0.15, 0.2) is 0 Å². The van der Waals surface area contributed by atoms with Crippen LogP contribution in [0.4, 0.5) is 0 Å². The first kappa shape index (κ1) is 11.4. The van der Waals surface area contributed by atoms with Crippen molar-refractivity contribution in [3.63, 3.8) is 0 Å². The van der Waals surface area contributed by atoms with Crippen molar-refractivity contribution < 1.29 is 0 Å². The van der Waals surface area contributed by atoms with Gasteiger partial charge < -0.3 is 4.90 Å². The predicted octanol–water partition coefficient (Wildman–Crippen LogP) is 3.54. The van der Waals surface area contributed by atoms with E-state index in [2.05, 4.69) is 32.7 Å². The van der Waals surface area contributed by atoms with Crippen LogP contribution in [-0.4, -0.2) is 25.0 Å². The zero-order valence-corrected chi connectivity index (χ0v) is 11.0. The molecule has 2 rings (SSSR count). The molecule has 1 nitrogen and oxygen atoms in total. The fourth-order valence-corrected chi connectivity index (χ4v) is 3.30. The zero-order valence-electron chi connectivity index (χ0n) is 11.0. The number of hydrogen-bond acceptors (Lipinski definition) is 1. The Morgan fingerprint density at radius 2 is 1.80 bits per heavy atom. The van der Waals surface area contributed by atoms with Crippen molar-refractivity contribution in [3.8, 4) is 0 Å². The SMILES string of the molecule is CN1CCC2(CCC2)C[C@@H](C(C)(C)C)C1. The fraction of sp³-hybridized carbons (Fsp3) is 1.00. The molecular weight excluding hydrogens is 182 g/mol. The second-order valence-electron chi connectivity index (χ2n) is 7.13. The molecule has 0 aromatic carbocycles. The topological polar surface area (TPSA) is 3.24 Å². The molecule has 1 saturated heterocycles. The van der Waals surface area contributed by atoms with Crippen molar-refractivity contribution in [1.82, 2.24) is 4.90 Å². The van der Waals surface area contributed by atoms with Gasteiger partial charge in [-0.3, -0.25) is 0 Å². The average molecular weight is 209 g/mol. The minimum Gasteiger partial charge on any atom is -0.306 e. The molecule has 1 heteroatoms. The zero-order chi connectivity index (χ0) is 11.1. The Hall–Kier alpha value is -0.0400. The second kappa shape index (κ2) is 3.76. The highest BCUT2D eigenvalue weighted by molar-refractivity contribution is 4.95. The standard InChI is InChI=1S/C14H27N/c1-13(2,3)12-10-14(6-5-7-14)8-9-15(4)11-12/h12H,5-11H2,1-4H3/t12-/m1/s1. The van der Waals surface area contributed by atoms with Crippen LogP contribution in [0, 0.1) is 16.7 Å². The highest BCUT2D eigenvalue weighted by atomic mass is 15.1. The van der Waals surface area contributed by atoms with Gasteiger partial charge in [0.2, 0.25) is 0 Å². The van der Waals surface area contributed by atoms with Crippen molar-refractivity contribution in [1.29, 1.82) is 0 Å². The first-order valence-corrected chi connectivity index (χ1v) is 6.60. The lowest BCUT2D eigenvalue weighted by Crippen LogP contribution is -2.35. The van der Waals surface area contributed by atoms with E-state index in [9.17, 15) is 0 Å².